The van der Waals surface area contributed by atoms with Crippen molar-refractivity contribution >= 4 is 11.5 Å². The monoisotopic (exact) mass is 502 g/mol. The standard InChI is InChI=1S/C30H30N8/c1-21-31-30-28(19-36(25-7-3-2-4-8-25)20-37(30)17-22-11-12-22)38(21)18-23-13-15-24(16-14-23)26-9-5-6-10-27(26)29-32-34-35-33-29/h2-10,13-16,22H,11-12,17-20H2,1H3,(H,32,33,34,35). The molecular formula is C30H30N8. The number of aromatic amines is 1. The summed E-state index contributed by atoms with van der Waals surface area (Å²) in [5, 5.41) is 14.5. The fourth-order valence-electron chi connectivity index (χ4n) is 5.47. The SMILES string of the molecule is Cc1nc2c(n1Cc1ccc(-c3ccccc3-c3nnn[nH]3)cc1)CN(c1ccccc1)CN2CC1CC1. The molecule has 1 fully saturated rings. The number of hydrogen-bond acceptors (Lipinski definition) is 6. The second kappa shape index (κ2) is 9.45. The van der Waals surface area contributed by atoms with E-state index in [-0.39, 0.29) is 0 Å². The highest BCUT2D eigenvalue weighted by Gasteiger charge is 2.32. The van der Waals surface area contributed by atoms with E-state index in [1.807, 2.05) is 18.2 Å². The molecular weight excluding hydrogens is 472 g/mol. The van der Waals surface area contributed by atoms with Crippen LogP contribution in [0.2, 0.25) is 0 Å². The highest BCUT2D eigenvalue weighted by atomic mass is 15.5. The Labute approximate surface area is 221 Å². The zero-order chi connectivity index (χ0) is 25.5. The molecule has 0 amide bonds. The molecule has 0 spiro atoms. The minimum absolute atomic E-state index is 0.670. The van der Waals surface area contributed by atoms with E-state index in [0.29, 0.717) is 5.82 Å². The van der Waals surface area contributed by atoms with Gasteiger partial charge in [-0.2, -0.15) is 0 Å². The second-order valence-corrected chi connectivity index (χ2v) is 10.3. The third kappa shape index (κ3) is 4.32. The van der Waals surface area contributed by atoms with E-state index in [1.165, 1.54) is 29.8 Å². The van der Waals surface area contributed by atoms with Crippen molar-refractivity contribution in [2.75, 3.05) is 23.0 Å². The Kier molecular flexibility index (Phi) is 5.65. The first-order valence-electron chi connectivity index (χ1n) is 13.3. The Morgan fingerprint density at radius 1 is 0.895 bits per heavy atom. The Morgan fingerprint density at radius 2 is 1.66 bits per heavy atom. The summed E-state index contributed by atoms with van der Waals surface area (Å²) in [5.41, 5.74) is 7.03. The van der Waals surface area contributed by atoms with Gasteiger partial charge < -0.3 is 14.4 Å². The minimum atomic E-state index is 0.670. The van der Waals surface area contributed by atoms with Crippen LogP contribution in [0.1, 0.15) is 29.9 Å². The van der Waals surface area contributed by atoms with Gasteiger partial charge in [-0.05, 0) is 64.9 Å². The Bertz CT molecular complexity index is 1540. The second-order valence-electron chi connectivity index (χ2n) is 10.3. The fourth-order valence-corrected chi connectivity index (χ4v) is 5.47. The molecule has 1 aliphatic heterocycles. The number of hydrogen-bond donors (Lipinski definition) is 1. The lowest BCUT2D eigenvalue weighted by molar-refractivity contribution is 0.617. The Balaban J connectivity index is 1.19. The summed E-state index contributed by atoms with van der Waals surface area (Å²) in [7, 11) is 0. The third-order valence-electron chi connectivity index (χ3n) is 7.65. The highest BCUT2D eigenvalue weighted by Crippen LogP contribution is 2.36. The number of aromatic nitrogens is 6. The molecule has 3 heterocycles. The van der Waals surface area contributed by atoms with Crippen LogP contribution in [0, 0.1) is 12.8 Å². The van der Waals surface area contributed by atoms with Crippen molar-refractivity contribution in [2.24, 2.45) is 5.92 Å². The molecule has 3 aromatic carbocycles. The van der Waals surface area contributed by atoms with Crippen LogP contribution in [0.25, 0.3) is 22.5 Å². The summed E-state index contributed by atoms with van der Waals surface area (Å²) >= 11 is 0. The topological polar surface area (TPSA) is 78.8 Å². The first-order valence-corrected chi connectivity index (χ1v) is 13.3. The molecule has 7 rings (SSSR count). The van der Waals surface area contributed by atoms with E-state index in [0.717, 1.165) is 60.6 Å². The average molecular weight is 503 g/mol. The molecule has 2 aromatic heterocycles. The number of rotatable bonds is 7. The number of tetrazole rings is 1. The number of anilines is 2. The lowest BCUT2D eigenvalue weighted by Crippen LogP contribution is -2.44. The van der Waals surface area contributed by atoms with Gasteiger partial charge in [0, 0.05) is 24.3 Å². The first kappa shape index (κ1) is 22.7. The highest BCUT2D eigenvalue weighted by molar-refractivity contribution is 5.80. The largest absolute Gasteiger partial charge is 0.348 e. The molecule has 0 bridgehead atoms. The van der Waals surface area contributed by atoms with E-state index < -0.39 is 0 Å². The van der Waals surface area contributed by atoms with Gasteiger partial charge in [0.2, 0.25) is 0 Å². The van der Waals surface area contributed by atoms with Gasteiger partial charge in [-0.1, -0.05) is 66.7 Å². The minimum Gasteiger partial charge on any atom is -0.348 e. The predicted molar refractivity (Wildman–Crippen MR) is 149 cm³/mol. The van der Waals surface area contributed by atoms with E-state index in [4.69, 9.17) is 4.98 Å². The number of imidazole rings is 1. The van der Waals surface area contributed by atoms with Crippen molar-refractivity contribution < 1.29 is 0 Å². The lowest BCUT2D eigenvalue weighted by atomic mass is 9.98. The van der Waals surface area contributed by atoms with Crippen molar-refractivity contribution in [3.63, 3.8) is 0 Å². The van der Waals surface area contributed by atoms with Gasteiger partial charge in [-0.15, -0.1) is 5.10 Å². The van der Waals surface area contributed by atoms with Crippen LogP contribution in [-0.4, -0.2) is 43.4 Å². The Morgan fingerprint density at radius 3 is 2.39 bits per heavy atom. The Hall–Kier alpha value is -4.46. The molecule has 1 N–H and O–H groups in total. The van der Waals surface area contributed by atoms with Gasteiger partial charge >= 0.3 is 0 Å². The van der Waals surface area contributed by atoms with Crippen LogP contribution in [0.15, 0.2) is 78.9 Å². The van der Waals surface area contributed by atoms with Gasteiger partial charge in [0.05, 0.1) is 18.9 Å². The van der Waals surface area contributed by atoms with Crippen LogP contribution in [-0.2, 0) is 13.1 Å². The van der Waals surface area contributed by atoms with E-state index in [1.54, 1.807) is 0 Å². The van der Waals surface area contributed by atoms with Gasteiger partial charge in [-0.3, -0.25) is 0 Å². The average Bonchev–Trinajstić information content (AvgIpc) is 3.49. The molecule has 5 aromatic rings. The molecule has 0 saturated heterocycles. The van der Waals surface area contributed by atoms with E-state index >= 15 is 0 Å². The van der Waals surface area contributed by atoms with Crippen molar-refractivity contribution in [3.8, 4) is 22.5 Å². The summed E-state index contributed by atoms with van der Waals surface area (Å²) in [6.07, 6.45) is 2.67. The molecule has 190 valence electrons. The molecule has 1 saturated carbocycles. The maximum atomic E-state index is 5.08. The zero-order valence-electron chi connectivity index (χ0n) is 21.5. The fraction of sp³-hybridized carbons (Fsp3) is 0.267. The molecule has 8 heteroatoms. The number of aryl methyl sites for hydroxylation is 1. The maximum Gasteiger partial charge on any atom is 0.180 e. The van der Waals surface area contributed by atoms with Crippen molar-refractivity contribution in [1.82, 2.24) is 30.2 Å². The summed E-state index contributed by atoms with van der Waals surface area (Å²) in [5.74, 6) is 3.70. The van der Waals surface area contributed by atoms with Gasteiger partial charge in [-0.25, -0.2) is 10.1 Å². The number of nitrogens with one attached hydrogen (secondary N) is 1. The molecule has 8 nitrogen and oxygen atoms in total. The zero-order valence-corrected chi connectivity index (χ0v) is 21.5. The third-order valence-corrected chi connectivity index (χ3v) is 7.65. The molecule has 1 aliphatic carbocycles. The number of H-pyrrole nitrogens is 1. The predicted octanol–water partition coefficient (Wildman–Crippen LogP) is 5.28. The quantitative estimate of drug-likeness (QED) is 0.326. The van der Waals surface area contributed by atoms with Crippen LogP contribution in [0.4, 0.5) is 11.5 Å². The van der Waals surface area contributed by atoms with Gasteiger partial charge in [0.25, 0.3) is 0 Å². The molecule has 0 unspecified atom stereocenters. The van der Waals surface area contributed by atoms with Crippen LogP contribution in [0.3, 0.4) is 0 Å². The summed E-state index contributed by atoms with van der Waals surface area (Å²) < 4.78 is 2.40. The van der Waals surface area contributed by atoms with Gasteiger partial charge in [0.15, 0.2) is 11.6 Å². The molecule has 0 atom stereocenters. The van der Waals surface area contributed by atoms with Gasteiger partial charge in [0.1, 0.15) is 5.82 Å². The van der Waals surface area contributed by atoms with Crippen molar-refractivity contribution in [1.29, 1.82) is 0 Å². The van der Waals surface area contributed by atoms with Crippen LogP contribution >= 0.6 is 0 Å². The number of nitrogens with zero attached hydrogens (tertiary/aromatic N) is 7. The number of fused-ring (bicyclic) bond motifs is 1. The van der Waals surface area contributed by atoms with E-state index in [9.17, 15) is 0 Å². The van der Waals surface area contributed by atoms with E-state index in [2.05, 4.69) is 103 Å². The molecule has 38 heavy (non-hydrogen) atoms. The molecule has 0 radical (unpaired) electrons. The maximum absolute atomic E-state index is 5.08. The number of para-hydroxylation sites is 1. The molecule has 2 aliphatic rings. The first-order chi connectivity index (χ1) is 18.7. The summed E-state index contributed by atoms with van der Waals surface area (Å²) in [6, 6.07) is 27.8. The number of benzene rings is 3. The normalized spacial score (nSPS) is 15.1. The summed E-state index contributed by atoms with van der Waals surface area (Å²) in [4.78, 5) is 10.0. The lowest BCUT2D eigenvalue weighted by Gasteiger charge is -2.38. The van der Waals surface area contributed by atoms with Crippen LogP contribution in [0.5, 0.6) is 0 Å². The van der Waals surface area contributed by atoms with Crippen molar-refractivity contribution in [2.45, 2.75) is 32.9 Å². The van der Waals surface area contributed by atoms with Crippen LogP contribution < -0.4 is 9.80 Å². The smallest absolute Gasteiger partial charge is 0.180 e. The van der Waals surface area contributed by atoms with Crippen molar-refractivity contribution in [3.05, 3.63) is 95.9 Å². The summed E-state index contributed by atoms with van der Waals surface area (Å²) in [6.45, 7) is 5.76.